The van der Waals surface area contributed by atoms with Crippen LogP contribution in [0.2, 0.25) is 0 Å². The van der Waals surface area contributed by atoms with Gasteiger partial charge in [-0.3, -0.25) is 24.0 Å². The summed E-state index contributed by atoms with van der Waals surface area (Å²) in [4.78, 5) is 101. The normalized spacial score (nSPS) is 29.8. The Morgan fingerprint density at radius 3 is 1.97 bits per heavy atom. The Morgan fingerprint density at radius 1 is 0.826 bits per heavy atom. The fraction of sp³-hybridized carbons (Fsp3) is 0.481. The van der Waals surface area contributed by atoms with Crippen LogP contribution in [0.1, 0.15) is 93.1 Å². The van der Waals surface area contributed by atoms with Crippen molar-refractivity contribution in [1.82, 2.24) is 10.2 Å². The van der Waals surface area contributed by atoms with E-state index in [2.05, 4.69) is 5.32 Å². The molecule has 2 bridgehead atoms. The molecule has 3 aromatic rings. The summed E-state index contributed by atoms with van der Waals surface area (Å²) in [5.74, 6) is -7.66. The van der Waals surface area contributed by atoms with Crippen LogP contribution in [-0.4, -0.2) is 132 Å². The van der Waals surface area contributed by atoms with Gasteiger partial charge in [-0.25, -0.2) is 9.59 Å². The number of benzene rings is 3. The highest BCUT2D eigenvalue weighted by atomic mass is 16.6. The van der Waals surface area contributed by atoms with E-state index in [0.717, 1.165) is 13.8 Å². The van der Waals surface area contributed by atoms with Gasteiger partial charge in [0.2, 0.25) is 0 Å². The Balaban J connectivity index is 1.42. The van der Waals surface area contributed by atoms with Gasteiger partial charge in [-0.2, -0.15) is 0 Å². The molecule has 3 N–H and O–H groups in total. The maximum atomic E-state index is 16.1. The van der Waals surface area contributed by atoms with Gasteiger partial charge in [0, 0.05) is 44.2 Å². The first kappa shape index (κ1) is 50.6. The van der Waals surface area contributed by atoms with E-state index in [-0.39, 0.29) is 48.3 Å². The van der Waals surface area contributed by atoms with Crippen LogP contribution in [0.5, 0.6) is 0 Å². The van der Waals surface area contributed by atoms with E-state index >= 15 is 4.79 Å². The number of aliphatic hydroxyl groups excluding tert-OH is 1. The molecule has 0 spiro atoms. The second-order valence-electron chi connectivity index (χ2n) is 19.4. The van der Waals surface area contributed by atoms with Crippen LogP contribution in [0.15, 0.2) is 102 Å². The van der Waals surface area contributed by atoms with Gasteiger partial charge in [-0.05, 0) is 68.9 Å². The van der Waals surface area contributed by atoms with Gasteiger partial charge in [0.15, 0.2) is 23.6 Å². The summed E-state index contributed by atoms with van der Waals surface area (Å²) in [6.45, 7) is 8.29. The number of rotatable bonds is 14. The molecule has 2 saturated carbocycles. The number of amides is 1. The number of ether oxygens (including phenoxy) is 6. The average Bonchev–Trinajstić information content (AvgIpc) is 3.30. The van der Waals surface area contributed by atoms with Crippen LogP contribution in [0.3, 0.4) is 0 Å². The molecule has 4 aliphatic rings. The molecule has 0 aromatic heterocycles. The lowest BCUT2D eigenvalue weighted by Crippen LogP contribution is -2.82. The highest BCUT2D eigenvalue weighted by molar-refractivity contribution is 5.96. The summed E-state index contributed by atoms with van der Waals surface area (Å²) < 4.78 is 37.2. The summed E-state index contributed by atoms with van der Waals surface area (Å²) in [6.07, 6.45) is -10.7. The molecule has 1 amide bonds. The van der Waals surface area contributed by atoms with Gasteiger partial charge in [-0.1, -0.05) is 80.6 Å². The summed E-state index contributed by atoms with van der Waals surface area (Å²) >= 11 is 0. The molecule has 1 heterocycles. The van der Waals surface area contributed by atoms with Gasteiger partial charge < -0.3 is 48.9 Å². The standard InChI is InChI=1S/C52H60N2O15/c1-29-35(66-48(62)41(58)40(32-18-12-9-13-19-32)53-46(60)33-20-14-10-15-21-33)27-52(63)45(68-47(61)34-22-16-11-17-23-34)43-50(6,44(59)42(65-30(2)55)39(29)49(52,4)5)36(67-38(57)24-25-54(7)8)26-37-51(43,28-64-37)69-31(3)56/h9-23,35-37,40-43,45,58,63H,24-28H2,1-8H3,(H,53,60)/t35-,36-,37+,40-,41+,42+,43?,45-,50+,51-,52+/m0/s1. The lowest BCUT2D eigenvalue weighted by molar-refractivity contribution is -0.346. The minimum Gasteiger partial charge on any atom is -0.461 e. The summed E-state index contributed by atoms with van der Waals surface area (Å²) in [5.41, 5.74) is -7.29. The quantitative estimate of drug-likeness (QED) is 0.117. The number of carbonyl (C=O) groups excluding carboxylic acids is 7. The number of hydrogen-bond acceptors (Lipinski definition) is 16. The smallest absolute Gasteiger partial charge is 0.338 e. The molecule has 3 aliphatic carbocycles. The Hall–Kier alpha value is -6.27. The van der Waals surface area contributed by atoms with Crippen molar-refractivity contribution in [3.63, 3.8) is 0 Å². The molecule has 17 heteroatoms. The third kappa shape index (κ3) is 9.32. The molecule has 0 radical (unpaired) electrons. The number of hydrogen-bond donors (Lipinski definition) is 3. The fourth-order valence-electron chi connectivity index (χ4n) is 10.9. The first-order valence-electron chi connectivity index (χ1n) is 22.9. The van der Waals surface area contributed by atoms with Crippen molar-refractivity contribution in [3.8, 4) is 0 Å². The van der Waals surface area contributed by atoms with Crippen molar-refractivity contribution in [3.05, 3.63) is 119 Å². The molecular formula is C52H60N2O15. The number of nitrogens with zero attached hydrogens (tertiary/aromatic N) is 1. The predicted molar refractivity (Wildman–Crippen MR) is 245 cm³/mol. The largest absolute Gasteiger partial charge is 0.461 e. The summed E-state index contributed by atoms with van der Waals surface area (Å²) in [7, 11) is 3.53. The molecule has 1 unspecified atom stereocenters. The SMILES string of the molecule is CC(=O)O[C@H]1C(=O)[C@@]2(C)C([C@H](OC(=O)c3ccccc3)[C@]3(O)C[C@H](OC(=O)[C@H](O)[C@@H](NC(=O)c4ccccc4)c4ccccc4)C(C)=C1C3(C)C)[C@]1(OC(C)=O)CO[C@@H]1C[C@@H]2OC(=O)CCN(C)C. The van der Waals surface area contributed by atoms with E-state index in [1.54, 1.807) is 112 Å². The lowest BCUT2D eigenvalue weighted by Gasteiger charge is -2.67. The van der Waals surface area contributed by atoms with Crippen molar-refractivity contribution in [1.29, 1.82) is 0 Å². The van der Waals surface area contributed by atoms with Gasteiger partial charge in [0.05, 0.1) is 36.0 Å². The number of aliphatic hydroxyl groups is 2. The zero-order valence-corrected chi connectivity index (χ0v) is 40.0. The van der Waals surface area contributed by atoms with Crippen molar-refractivity contribution in [2.75, 3.05) is 27.2 Å². The molecule has 3 aromatic carbocycles. The van der Waals surface area contributed by atoms with Gasteiger partial charge in [0.1, 0.15) is 30.0 Å². The van der Waals surface area contributed by atoms with E-state index in [0.29, 0.717) is 5.56 Å². The third-order valence-electron chi connectivity index (χ3n) is 14.5. The van der Waals surface area contributed by atoms with Crippen LogP contribution in [-0.2, 0) is 52.4 Å². The minimum atomic E-state index is -2.45. The van der Waals surface area contributed by atoms with Crippen LogP contribution >= 0.6 is 0 Å². The minimum absolute atomic E-state index is 0.0210. The number of ketones is 1. The topological polar surface area (TPSA) is 231 Å². The predicted octanol–water partition coefficient (Wildman–Crippen LogP) is 4.24. The van der Waals surface area contributed by atoms with E-state index in [1.807, 2.05) is 0 Å². The Morgan fingerprint density at radius 2 is 1.42 bits per heavy atom. The molecule has 1 saturated heterocycles. The monoisotopic (exact) mass is 952 g/mol. The number of carbonyl (C=O) groups is 7. The Kier molecular flexibility index (Phi) is 14.4. The Labute approximate surface area is 400 Å². The maximum absolute atomic E-state index is 16.1. The first-order valence-corrected chi connectivity index (χ1v) is 22.9. The van der Waals surface area contributed by atoms with Crippen molar-refractivity contribution < 1.29 is 72.2 Å². The number of fused-ring (bicyclic) bond motifs is 5. The molecular weight excluding hydrogens is 893 g/mol. The van der Waals surface area contributed by atoms with Crippen LogP contribution in [0.4, 0.5) is 0 Å². The zero-order chi connectivity index (χ0) is 50.2. The van der Waals surface area contributed by atoms with Crippen LogP contribution in [0, 0.1) is 16.7 Å². The third-order valence-corrected chi connectivity index (χ3v) is 14.5. The molecule has 17 nitrogen and oxygen atoms in total. The van der Waals surface area contributed by atoms with E-state index in [1.165, 1.54) is 26.0 Å². The molecule has 368 valence electrons. The van der Waals surface area contributed by atoms with Crippen molar-refractivity contribution in [2.45, 2.75) is 115 Å². The molecule has 7 rings (SSSR count). The zero-order valence-electron chi connectivity index (χ0n) is 40.0. The summed E-state index contributed by atoms with van der Waals surface area (Å²) in [5, 5.41) is 28.6. The Bertz CT molecular complexity index is 2500. The average molecular weight is 953 g/mol. The van der Waals surface area contributed by atoms with Crippen LogP contribution in [0.25, 0.3) is 0 Å². The second kappa shape index (κ2) is 19.6. The van der Waals surface area contributed by atoms with E-state index in [9.17, 15) is 39.0 Å². The number of Topliss-reactive ketones (excluding diaryl/α,β-unsaturated/α-hetero) is 1. The molecule has 11 atom stereocenters. The van der Waals surface area contributed by atoms with Crippen molar-refractivity contribution >= 4 is 41.5 Å². The maximum Gasteiger partial charge on any atom is 0.338 e. The highest BCUT2D eigenvalue weighted by Gasteiger charge is 2.79. The second-order valence-corrected chi connectivity index (χ2v) is 19.4. The van der Waals surface area contributed by atoms with E-state index < -0.39 is 119 Å². The number of nitrogens with one attached hydrogen (secondary N) is 1. The van der Waals surface area contributed by atoms with Gasteiger partial charge in [-0.15, -0.1) is 0 Å². The highest BCUT2D eigenvalue weighted by Crippen LogP contribution is 2.65. The summed E-state index contributed by atoms with van der Waals surface area (Å²) in [6, 6.07) is 22.9. The van der Waals surface area contributed by atoms with Crippen molar-refractivity contribution in [2.24, 2.45) is 16.7 Å². The molecule has 3 fully saturated rings. The molecule has 1 aliphatic heterocycles. The molecule has 69 heavy (non-hydrogen) atoms. The fourth-order valence-corrected chi connectivity index (χ4v) is 10.9. The van der Waals surface area contributed by atoms with Gasteiger partial charge in [0.25, 0.3) is 5.91 Å². The lowest BCUT2D eigenvalue weighted by atomic mass is 9.44. The van der Waals surface area contributed by atoms with E-state index in [4.69, 9.17) is 28.4 Å². The first-order chi connectivity index (χ1) is 32.6. The number of esters is 5. The van der Waals surface area contributed by atoms with Crippen LogP contribution < -0.4 is 5.32 Å². The van der Waals surface area contributed by atoms with Gasteiger partial charge >= 0.3 is 29.8 Å².